The fourth-order valence-electron chi connectivity index (χ4n) is 5.54. The molecule has 0 aromatic carbocycles. The third-order valence-corrected chi connectivity index (χ3v) is 10.6. The number of aromatic nitrogens is 2. The number of nitrogens with one attached hydrogen (secondary N) is 1. The highest BCUT2D eigenvalue weighted by Gasteiger charge is 2.44. The highest BCUT2D eigenvalue weighted by molar-refractivity contribution is 7.91. The standard InChI is InChI=1S/C27H47N5O4S/c1-17(2)30(8)20-10-11-22(19(14-20)16-37(35,36)18(3)4)32-13-12-21(26(32)34)28-25(33)23-15-24(27(5,6)7)29-31(23)9/h15,17-22H,10-14,16H2,1-9H3,(H,28,33)/t19-,20+,21-,22-/m0/s1. The summed E-state index contributed by atoms with van der Waals surface area (Å²) in [5.41, 5.74) is 1.05. The molecule has 1 aromatic rings. The Hall–Kier alpha value is -1.94. The molecule has 2 heterocycles. The second-order valence-electron chi connectivity index (χ2n) is 12.6. The van der Waals surface area contributed by atoms with E-state index in [9.17, 15) is 18.0 Å². The Morgan fingerprint density at radius 2 is 1.84 bits per heavy atom. The third kappa shape index (κ3) is 6.56. The number of carbonyl (C=O) groups excluding carboxylic acids is 2. The third-order valence-electron chi connectivity index (χ3n) is 8.30. The van der Waals surface area contributed by atoms with E-state index in [0.717, 1.165) is 25.0 Å². The molecular formula is C27H47N5O4S. The van der Waals surface area contributed by atoms with Crippen molar-refractivity contribution in [2.45, 2.75) is 109 Å². The number of likely N-dealkylation sites (tertiary alicyclic amines) is 1. The van der Waals surface area contributed by atoms with Gasteiger partial charge in [0, 0.05) is 37.1 Å². The van der Waals surface area contributed by atoms with E-state index in [-0.39, 0.29) is 34.9 Å². The Labute approximate surface area is 223 Å². The van der Waals surface area contributed by atoms with Crippen molar-refractivity contribution in [2.75, 3.05) is 19.3 Å². The normalized spacial score (nSPS) is 25.5. The maximum atomic E-state index is 13.5. The van der Waals surface area contributed by atoms with Gasteiger partial charge in [0.1, 0.15) is 11.7 Å². The van der Waals surface area contributed by atoms with Gasteiger partial charge in [0.15, 0.2) is 9.84 Å². The number of carbonyl (C=O) groups is 2. The predicted octanol–water partition coefficient (Wildman–Crippen LogP) is 2.75. The van der Waals surface area contributed by atoms with Crippen LogP contribution in [-0.4, -0.2) is 88.6 Å². The van der Waals surface area contributed by atoms with Crippen LogP contribution in [0.4, 0.5) is 0 Å². The Bertz CT molecular complexity index is 1090. The highest BCUT2D eigenvalue weighted by atomic mass is 32.2. The van der Waals surface area contributed by atoms with E-state index >= 15 is 0 Å². The van der Waals surface area contributed by atoms with Crippen molar-refractivity contribution in [3.05, 3.63) is 17.5 Å². The second-order valence-corrected chi connectivity index (χ2v) is 15.2. The lowest BCUT2D eigenvalue weighted by atomic mass is 9.81. The molecule has 0 bridgehead atoms. The number of hydrogen-bond acceptors (Lipinski definition) is 6. The molecule has 1 aliphatic heterocycles. The zero-order valence-electron chi connectivity index (χ0n) is 24.1. The maximum Gasteiger partial charge on any atom is 0.270 e. The molecule has 37 heavy (non-hydrogen) atoms. The summed E-state index contributed by atoms with van der Waals surface area (Å²) in [6, 6.07) is 1.69. The van der Waals surface area contributed by atoms with Gasteiger partial charge >= 0.3 is 0 Å². The molecule has 2 aliphatic rings. The van der Waals surface area contributed by atoms with Crippen molar-refractivity contribution >= 4 is 21.7 Å². The molecule has 1 aromatic heterocycles. The van der Waals surface area contributed by atoms with Crippen LogP contribution in [0, 0.1) is 5.92 Å². The average molecular weight is 538 g/mol. The smallest absolute Gasteiger partial charge is 0.270 e. The van der Waals surface area contributed by atoms with Crippen LogP contribution in [0.15, 0.2) is 6.07 Å². The average Bonchev–Trinajstić information content (AvgIpc) is 3.35. The van der Waals surface area contributed by atoms with E-state index in [2.05, 4.69) is 36.2 Å². The molecule has 9 nitrogen and oxygen atoms in total. The van der Waals surface area contributed by atoms with Crippen LogP contribution in [-0.2, 0) is 27.1 Å². The zero-order chi connectivity index (χ0) is 27.9. The van der Waals surface area contributed by atoms with Gasteiger partial charge in [-0.15, -0.1) is 0 Å². The lowest BCUT2D eigenvalue weighted by Gasteiger charge is -2.44. The Morgan fingerprint density at radius 1 is 1.19 bits per heavy atom. The van der Waals surface area contributed by atoms with E-state index in [0.29, 0.717) is 30.7 Å². The topological polar surface area (TPSA) is 105 Å². The van der Waals surface area contributed by atoms with Crippen molar-refractivity contribution in [1.82, 2.24) is 24.9 Å². The van der Waals surface area contributed by atoms with Gasteiger partial charge in [0.2, 0.25) is 5.91 Å². The molecule has 0 unspecified atom stereocenters. The molecule has 1 aliphatic carbocycles. The lowest BCUT2D eigenvalue weighted by molar-refractivity contribution is -0.133. The van der Waals surface area contributed by atoms with E-state index < -0.39 is 21.1 Å². The minimum absolute atomic E-state index is 0.0865. The van der Waals surface area contributed by atoms with Crippen molar-refractivity contribution in [2.24, 2.45) is 13.0 Å². The zero-order valence-corrected chi connectivity index (χ0v) is 24.9. The first-order valence-electron chi connectivity index (χ1n) is 13.6. The van der Waals surface area contributed by atoms with Gasteiger partial charge in [0.25, 0.3) is 5.91 Å². The predicted molar refractivity (Wildman–Crippen MR) is 146 cm³/mol. The van der Waals surface area contributed by atoms with E-state index in [1.165, 1.54) is 0 Å². The van der Waals surface area contributed by atoms with Gasteiger partial charge in [-0.05, 0) is 72.4 Å². The number of amides is 2. The SMILES string of the molecule is CC(C)N(C)[C@@H]1CC[C@H](N2CC[C@H](NC(=O)c3cc(C(C)(C)C)nn3C)C2=O)[C@H](CS(=O)(=O)C(C)C)C1. The first-order valence-corrected chi connectivity index (χ1v) is 15.3. The summed E-state index contributed by atoms with van der Waals surface area (Å²) in [4.78, 5) is 30.8. The van der Waals surface area contributed by atoms with Gasteiger partial charge in [0.05, 0.1) is 16.7 Å². The largest absolute Gasteiger partial charge is 0.339 e. The molecule has 1 saturated carbocycles. The molecule has 1 saturated heterocycles. The second kappa shape index (κ2) is 11.0. The van der Waals surface area contributed by atoms with Gasteiger partial charge in [-0.25, -0.2) is 8.42 Å². The molecule has 0 radical (unpaired) electrons. The monoisotopic (exact) mass is 537 g/mol. The minimum Gasteiger partial charge on any atom is -0.339 e. The van der Waals surface area contributed by atoms with Crippen LogP contribution >= 0.6 is 0 Å². The van der Waals surface area contributed by atoms with Crippen molar-refractivity contribution < 1.29 is 18.0 Å². The summed E-state index contributed by atoms with van der Waals surface area (Å²) in [6.45, 7) is 14.4. The van der Waals surface area contributed by atoms with Crippen LogP contribution in [0.25, 0.3) is 0 Å². The summed E-state index contributed by atoms with van der Waals surface area (Å²) in [5, 5.41) is 6.95. The van der Waals surface area contributed by atoms with Crippen molar-refractivity contribution in [1.29, 1.82) is 0 Å². The summed E-state index contributed by atoms with van der Waals surface area (Å²) >= 11 is 0. The Balaban J connectivity index is 1.76. The highest BCUT2D eigenvalue weighted by Crippen LogP contribution is 2.35. The number of sulfone groups is 1. The van der Waals surface area contributed by atoms with E-state index in [1.54, 1.807) is 31.6 Å². The summed E-state index contributed by atoms with van der Waals surface area (Å²) < 4.78 is 27.4. The Morgan fingerprint density at radius 3 is 2.38 bits per heavy atom. The van der Waals surface area contributed by atoms with Gasteiger partial charge in [-0.3, -0.25) is 14.3 Å². The summed E-state index contributed by atoms with van der Waals surface area (Å²) in [7, 11) is 0.566. The number of hydrogen-bond donors (Lipinski definition) is 1. The van der Waals surface area contributed by atoms with Crippen LogP contribution < -0.4 is 5.32 Å². The molecule has 0 spiro atoms. The van der Waals surface area contributed by atoms with Gasteiger partial charge in [-0.1, -0.05) is 20.8 Å². The van der Waals surface area contributed by atoms with Crippen LogP contribution in [0.2, 0.25) is 0 Å². The summed E-state index contributed by atoms with van der Waals surface area (Å²) in [5.74, 6) is -0.466. The van der Waals surface area contributed by atoms with E-state index in [1.807, 2.05) is 25.7 Å². The minimum atomic E-state index is -3.27. The maximum absolute atomic E-state index is 13.5. The molecule has 10 heteroatoms. The molecule has 4 atom stereocenters. The fourth-order valence-corrected chi connectivity index (χ4v) is 6.88. The molecule has 2 fully saturated rings. The number of rotatable bonds is 8. The Kier molecular flexibility index (Phi) is 8.84. The quantitative estimate of drug-likeness (QED) is 0.547. The lowest BCUT2D eigenvalue weighted by Crippen LogP contribution is -2.53. The molecule has 3 rings (SSSR count). The molecule has 2 amide bonds. The van der Waals surface area contributed by atoms with Crippen molar-refractivity contribution in [3.8, 4) is 0 Å². The van der Waals surface area contributed by atoms with Crippen molar-refractivity contribution in [3.63, 3.8) is 0 Å². The van der Waals surface area contributed by atoms with Crippen LogP contribution in [0.5, 0.6) is 0 Å². The number of nitrogens with zero attached hydrogens (tertiary/aromatic N) is 4. The summed E-state index contributed by atoms with van der Waals surface area (Å²) in [6.07, 6.45) is 2.95. The van der Waals surface area contributed by atoms with Crippen LogP contribution in [0.1, 0.15) is 90.3 Å². The number of aryl methyl sites for hydroxylation is 1. The fraction of sp³-hybridized carbons (Fsp3) is 0.815. The molecular weight excluding hydrogens is 490 g/mol. The van der Waals surface area contributed by atoms with Gasteiger partial charge in [-0.2, -0.15) is 5.10 Å². The first kappa shape index (κ1) is 29.6. The van der Waals surface area contributed by atoms with Crippen LogP contribution in [0.3, 0.4) is 0 Å². The molecule has 210 valence electrons. The van der Waals surface area contributed by atoms with E-state index in [4.69, 9.17) is 0 Å². The first-order chi connectivity index (χ1) is 17.0. The van der Waals surface area contributed by atoms with Gasteiger partial charge < -0.3 is 15.1 Å². The molecule has 1 N–H and O–H groups in total.